The molecule has 1 fully saturated rings. The maximum atomic E-state index is 6.54. The molecule has 0 saturated carbocycles. The fraction of sp³-hybridized carbons (Fsp3) is 0.227. The molecule has 0 bridgehead atoms. The molecule has 3 aromatic heterocycles. The minimum absolute atomic E-state index is 0.0716. The Bertz CT molecular complexity index is 1210. The Morgan fingerprint density at radius 3 is 2.55 bits per heavy atom. The van der Waals surface area contributed by atoms with Gasteiger partial charge in [-0.25, -0.2) is 4.98 Å². The molecule has 4 aromatic rings. The average Bonchev–Trinajstić information content (AvgIpc) is 3.50. The molecule has 5 nitrogen and oxygen atoms in total. The van der Waals surface area contributed by atoms with Gasteiger partial charge in [0.2, 0.25) is 0 Å². The molecule has 0 radical (unpaired) electrons. The fourth-order valence-corrected chi connectivity index (χ4v) is 7.55. The van der Waals surface area contributed by atoms with Crippen molar-refractivity contribution in [2.75, 3.05) is 17.2 Å². The van der Waals surface area contributed by atoms with E-state index in [4.69, 9.17) is 10.7 Å². The lowest BCUT2D eigenvalue weighted by Gasteiger charge is -2.21. The van der Waals surface area contributed by atoms with Crippen molar-refractivity contribution in [1.82, 2.24) is 19.6 Å². The number of hydrogen-bond acceptors (Lipinski definition) is 6. The van der Waals surface area contributed by atoms with Crippen molar-refractivity contribution in [3.63, 3.8) is 0 Å². The molecule has 0 atom stereocenters. The van der Waals surface area contributed by atoms with Crippen molar-refractivity contribution in [3.05, 3.63) is 66.1 Å². The predicted molar refractivity (Wildman–Crippen MR) is 121 cm³/mol. The summed E-state index contributed by atoms with van der Waals surface area (Å²) in [5.74, 6) is 3.08. The number of nitrogen functional groups attached to an aromatic ring is 1. The highest BCUT2D eigenvalue weighted by molar-refractivity contribution is 8.20. The summed E-state index contributed by atoms with van der Waals surface area (Å²) >= 11 is 4.04. The van der Waals surface area contributed by atoms with Crippen LogP contribution >= 0.6 is 23.5 Å². The quantitative estimate of drug-likeness (QED) is 0.513. The zero-order valence-electron chi connectivity index (χ0n) is 15.7. The van der Waals surface area contributed by atoms with Gasteiger partial charge in [-0.2, -0.15) is 9.61 Å². The molecule has 1 spiro atoms. The topological polar surface area (TPSA) is 69.1 Å². The molecular weight excluding hydrogens is 398 g/mol. The smallest absolute Gasteiger partial charge is 0.165 e. The zero-order valence-corrected chi connectivity index (χ0v) is 17.3. The molecular formula is C22H19N5S2. The van der Waals surface area contributed by atoms with Gasteiger partial charge in [0.25, 0.3) is 0 Å². The van der Waals surface area contributed by atoms with E-state index in [2.05, 4.69) is 34.3 Å². The maximum absolute atomic E-state index is 6.54. The van der Waals surface area contributed by atoms with Crippen molar-refractivity contribution in [1.29, 1.82) is 0 Å². The van der Waals surface area contributed by atoms with Gasteiger partial charge in [-0.1, -0.05) is 36.4 Å². The van der Waals surface area contributed by atoms with Crippen LogP contribution in [0, 0.1) is 0 Å². The predicted octanol–water partition coefficient (Wildman–Crippen LogP) is 4.62. The largest absolute Gasteiger partial charge is 0.383 e. The normalized spacial score (nSPS) is 17.2. The number of pyridine rings is 1. The summed E-state index contributed by atoms with van der Waals surface area (Å²) in [5.41, 5.74) is 13.7. The molecule has 144 valence electrons. The Morgan fingerprint density at radius 2 is 1.79 bits per heavy atom. The number of nitrogens with two attached hydrogens (primary N) is 1. The molecule has 4 heterocycles. The Balaban J connectivity index is 1.47. The van der Waals surface area contributed by atoms with E-state index in [1.54, 1.807) is 4.52 Å². The molecule has 0 unspecified atom stereocenters. The highest BCUT2D eigenvalue weighted by Gasteiger charge is 2.45. The number of hydrogen-bond donors (Lipinski definition) is 1. The second-order valence-corrected chi connectivity index (χ2v) is 10.4. The van der Waals surface area contributed by atoms with Gasteiger partial charge < -0.3 is 5.73 Å². The third-order valence-electron chi connectivity index (χ3n) is 5.75. The number of anilines is 1. The van der Waals surface area contributed by atoms with Crippen LogP contribution in [0.15, 0.2) is 54.9 Å². The molecule has 1 aliphatic heterocycles. The summed E-state index contributed by atoms with van der Waals surface area (Å²) in [5, 5.41) is 4.56. The summed E-state index contributed by atoms with van der Waals surface area (Å²) in [6.07, 6.45) is 5.84. The van der Waals surface area contributed by atoms with Crippen LogP contribution in [0.4, 0.5) is 5.82 Å². The van der Waals surface area contributed by atoms with Gasteiger partial charge in [0.05, 0.1) is 17.6 Å². The van der Waals surface area contributed by atoms with Gasteiger partial charge in [-0.15, -0.1) is 23.5 Å². The number of fused-ring (bicyclic) bond motifs is 3. The summed E-state index contributed by atoms with van der Waals surface area (Å²) in [6.45, 7) is 0. The van der Waals surface area contributed by atoms with Gasteiger partial charge in [0.15, 0.2) is 5.65 Å². The molecule has 7 heteroatoms. The molecule has 1 aromatic carbocycles. The van der Waals surface area contributed by atoms with Crippen LogP contribution in [-0.2, 0) is 10.5 Å². The van der Waals surface area contributed by atoms with E-state index in [-0.39, 0.29) is 4.08 Å². The minimum atomic E-state index is 0.0716. The van der Waals surface area contributed by atoms with Crippen molar-refractivity contribution < 1.29 is 0 Å². The van der Waals surface area contributed by atoms with E-state index in [1.807, 2.05) is 54.1 Å². The molecule has 1 aliphatic carbocycles. The van der Waals surface area contributed by atoms with Crippen LogP contribution in [0.1, 0.15) is 17.7 Å². The molecule has 2 N–H and O–H groups in total. The van der Waals surface area contributed by atoms with Crippen LogP contribution < -0.4 is 5.73 Å². The highest BCUT2D eigenvalue weighted by Crippen LogP contribution is 2.59. The van der Waals surface area contributed by atoms with E-state index < -0.39 is 0 Å². The number of thioether (sulfide) groups is 2. The Labute approximate surface area is 177 Å². The van der Waals surface area contributed by atoms with Crippen LogP contribution in [0.3, 0.4) is 0 Å². The number of rotatable bonds is 2. The lowest BCUT2D eigenvalue weighted by atomic mass is 10.1. The van der Waals surface area contributed by atoms with Crippen molar-refractivity contribution in [2.24, 2.45) is 0 Å². The molecule has 0 amide bonds. The van der Waals surface area contributed by atoms with Crippen LogP contribution in [0.25, 0.3) is 28.0 Å². The summed E-state index contributed by atoms with van der Waals surface area (Å²) < 4.78 is 1.87. The van der Waals surface area contributed by atoms with Gasteiger partial charge in [0, 0.05) is 40.0 Å². The highest BCUT2D eigenvalue weighted by atomic mass is 32.2. The second kappa shape index (κ2) is 6.50. The number of nitrogens with zero attached hydrogens (tertiary/aromatic N) is 4. The Kier molecular flexibility index (Phi) is 3.89. The molecule has 1 saturated heterocycles. The van der Waals surface area contributed by atoms with Gasteiger partial charge in [-0.3, -0.25) is 4.98 Å². The Morgan fingerprint density at radius 1 is 0.966 bits per heavy atom. The summed E-state index contributed by atoms with van der Waals surface area (Å²) in [4.78, 5) is 9.79. The lowest BCUT2D eigenvalue weighted by Crippen LogP contribution is -2.14. The van der Waals surface area contributed by atoms with Crippen LogP contribution in [0.2, 0.25) is 0 Å². The summed E-state index contributed by atoms with van der Waals surface area (Å²) in [7, 11) is 0. The van der Waals surface area contributed by atoms with Crippen LogP contribution in [-0.4, -0.2) is 31.1 Å². The fourth-order valence-electron chi connectivity index (χ4n) is 4.29. The maximum Gasteiger partial charge on any atom is 0.165 e. The van der Waals surface area contributed by atoms with Crippen molar-refractivity contribution in [2.45, 2.75) is 16.9 Å². The number of aromatic nitrogens is 4. The first-order valence-electron chi connectivity index (χ1n) is 9.71. The van der Waals surface area contributed by atoms with E-state index in [9.17, 15) is 0 Å². The standard InChI is InChI=1S/C22H19N5S2/c23-20-16-8-9-22(28-10-11-29-22)19(16)26-21-17(13-25-27(20)21)15-6-7-18(24-12-15)14-4-2-1-3-5-14/h1-7,12-13H,8-11,23H2. The Hall–Kier alpha value is -2.51. The van der Waals surface area contributed by atoms with E-state index in [0.717, 1.165) is 52.4 Å². The van der Waals surface area contributed by atoms with Crippen LogP contribution in [0.5, 0.6) is 0 Å². The SMILES string of the molecule is Nc1c2c(nc3c(-c4ccc(-c5ccccc5)nc4)cnn13)C1(CC2)SCCS1. The second-order valence-electron chi connectivity index (χ2n) is 7.37. The minimum Gasteiger partial charge on any atom is -0.383 e. The third kappa shape index (κ3) is 2.60. The van der Waals surface area contributed by atoms with E-state index in [0.29, 0.717) is 0 Å². The summed E-state index contributed by atoms with van der Waals surface area (Å²) in [6, 6.07) is 14.3. The first-order chi connectivity index (χ1) is 14.3. The van der Waals surface area contributed by atoms with Crippen molar-refractivity contribution in [3.8, 4) is 22.4 Å². The monoisotopic (exact) mass is 417 g/mol. The van der Waals surface area contributed by atoms with Crippen molar-refractivity contribution >= 4 is 35.0 Å². The molecule has 2 aliphatic rings. The van der Waals surface area contributed by atoms with E-state index in [1.165, 1.54) is 17.1 Å². The average molecular weight is 418 g/mol. The first kappa shape index (κ1) is 17.4. The van der Waals surface area contributed by atoms with Gasteiger partial charge in [-0.05, 0) is 18.9 Å². The van der Waals surface area contributed by atoms with Gasteiger partial charge >= 0.3 is 0 Å². The van der Waals surface area contributed by atoms with Gasteiger partial charge in [0.1, 0.15) is 9.90 Å². The lowest BCUT2D eigenvalue weighted by molar-refractivity contribution is 0.830. The number of benzene rings is 1. The first-order valence-corrected chi connectivity index (χ1v) is 11.7. The molecule has 29 heavy (non-hydrogen) atoms. The third-order valence-corrected chi connectivity index (χ3v) is 9.26. The molecule has 6 rings (SSSR count). The zero-order chi connectivity index (χ0) is 19.4. The van der Waals surface area contributed by atoms with E-state index >= 15 is 0 Å².